The summed E-state index contributed by atoms with van der Waals surface area (Å²) in [6.45, 7) is 2.11. The lowest BCUT2D eigenvalue weighted by Gasteiger charge is -2.10. The van der Waals surface area contributed by atoms with Gasteiger partial charge in [0.05, 0.1) is 61.6 Å². The van der Waals surface area contributed by atoms with Crippen LogP contribution in [-0.2, 0) is 0 Å². The summed E-state index contributed by atoms with van der Waals surface area (Å²) in [6.07, 6.45) is 5.43. The molecule has 11 nitrogen and oxygen atoms in total. The van der Waals surface area contributed by atoms with Gasteiger partial charge in [-0.3, -0.25) is 13.2 Å². The van der Waals surface area contributed by atoms with E-state index in [0.717, 1.165) is 78.4 Å². The zero-order chi connectivity index (χ0) is 33.6. The molecule has 11 aromatic rings. The van der Waals surface area contributed by atoms with E-state index in [9.17, 15) is 0 Å². The van der Waals surface area contributed by atoms with E-state index in [4.69, 9.17) is 20.1 Å². The first-order valence-electron chi connectivity index (χ1n) is 16.6. The summed E-state index contributed by atoms with van der Waals surface area (Å²) in [4.78, 5) is 28.2. The molecular weight excluding hydrogens is 635 g/mol. The van der Waals surface area contributed by atoms with Gasteiger partial charge in [-0.25, -0.2) is 34.6 Å². The van der Waals surface area contributed by atoms with Crippen LogP contribution in [0.3, 0.4) is 0 Å². The molecule has 0 aliphatic heterocycles. The van der Waals surface area contributed by atoms with Gasteiger partial charge in [0.1, 0.15) is 5.69 Å². The number of fused-ring (bicyclic) bond motifs is 9. The highest BCUT2D eigenvalue weighted by Crippen LogP contribution is 2.38. The molecule has 11 heteroatoms. The Balaban J connectivity index is 1.15. The largest absolute Gasteiger partial charge is 0.276 e. The summed E-state index contributed by atoms with van der Waals surface area (Å²) in [5.74, 6) is 1.90. The Labute approximate surface area is 288 Å². The van der Waals surface area contributed by atoms with Gasteiger partial charge in [-0.2, -0.15) is 5.10 Å². The van der Waals surface area contributed by atoms with Crippen molar-refractivity contribution in [3.8, 4) is 39.6 Å². The van der Waals surface area contributed by atoms with Gasteiger partial charge < -0.3 is 0 Å². The number of imidazole rings is 3. The van der Waals surface area contributed by atoms with Crippen molar-refractivity contribution in [2.75, 3.05) is 0 Å². The summed E-state index contributed by atoms with van der Waals surface area (Å²) in [5, 5.41) is 5.38. The molecule has 0 fully saturated rings. The van der Waals surface area contributed by atoms with Crippen molar-refractivity contribution in [1.29, 1.82) is 0 Å². The van der Waals surface area contributed by atoms with Crippen LogP contribution >= 0.6 is 0 Å². The van der Waals surface area contributed by atoms with Crippen LogP contribution < -0.4 is 0 Å². The van der Waals surface area contributed by atoms with Gasteiger partial charge in [-0.15, -0.1) is 0 Å². The highest BCUT2D eigenvalue weighted by molar-refractivity contribution is 5.89. The molecule has 51 heavy (non-hydrogen) atoms. The molecule has 0 bridgehead atoms. The van der Waals surface area contributed by atoms with Crippen LogP contribution in [-0.4, -0.2) is 52.9 Å². The van der Waals surface area contributed by atoms with Crippen LogP contribution in [0.4, 0.5) is 0 Å². The summed E-state index contributed by atoms with van der Waals surface area (Å²) in [6, 6.07) is 38.9. The number of hydrogen-bond donors (Lipinski definition) is 0. The third-order valence-corrected chi connectivity index (χ3v) is 9.64. The molecule has 0 spiro atoms. The standard InChI is InChI=1S/C40H25N11/c1-24-36(34-19-22-42-39-45-28-9-3-6-12-32(28)49(34)39)37(35-20-23-43-40-46-29-10-4-7-13-33(29)50(35)40)47-51(24)26-16-14-25(15-17-26)30-18-21-41-38-44-27-8-2-5-11-31(27)48(30)38/h2-23H,1H3. The van der Waals surface area contributed by atoms with Crippen LogP contribution in [0, 0.1) is 6.92 Å². The molecule has 0 amide bonds. The SMILES string of the molecule is Cc1c(-c2ccnc3nc4ccccc4n23)c(-c2ccnc3nc4ccccc4n23)nn1-c1ccc(-c2ccnc3nc4ccccc4n23)cc1. The van der Waals surface area contributed by atoms with Crippen LogP contribution in [0.1, 0.15) is 5.69 Å². The van der Waals surface area contributed by atoms with Crippen LogP contribution in [0.2, 0.25) is 0 Å². The van der Waals surface area contributed by atoms with Gasteiger partial charge >= 0.3 is 0 Å². The van der Waals surface area contributed by atoms with Crippen molar-refractivity contribution in [3.63, 3.8) is 0 Å². The Bertz CT molecular complexity index is 3160. The van der Waals surface area contributed by atoms with E-state index < -0.39 is 0 Å². The van der Waals surface area contributed by atoms with Crippen molar-refractivity contribution < 1.29 is 0 Å². The zero-order valence-corrected chi connectivity index (χ0v) is 27.1. The smallest absolute Gasteiger partial charge is 0.235 e. The zero-order valence-electron chi connectivity index (χ0n) is 27.1. The second-order valence-electron chi connectivity index (χ2n) is 12.5. The van der Waals surface area contributed by atoms with Crippen LogP contribution in [0.5, 0.6) is 0 Å². The number of hydrogen-bond acceptors (Lipinski definition) is 7. The van der Waals surface area contributed by atoms with Gasteiger partial charge in [0.2, 0.25) is 17.3 Å². The molecule has 4 aromatic carbocycles. The van der Waals surface area contributed by atoms with Gasteiger partial charge in [0, 0.05) is 24.2 Å². The summed E-state index contributed by atoms with van der Waals surface area (Å²) < 4.78 is 8.32. The molecule has 7 aromatic heterocycles. The molecule has 11 rings (SSSR count). The quantitative estimate of drug-likeness (QED) is 0.190. The first-order chi connectivity index (χ1) is 25.2. The number of aromatic nitrogens is 11. The van der Waals surface area contributed by atoms with E-state index in [-0.39, 0.29) is 0 Å². The molecule has 7 heterocycles. The van der Waals surface area contributed by atoms with Crippen molar-refractivity contribution in [2.45, 2.75) is 6.92 Å². The third-order valence-electron chi connectivity index (χ3n) is 9.64. The molecule has 0 saturated carbocycles. The maximum atomic E-state index is 5.38. The lowest BCUT2D eigenvalue weighted by molar-refractivity contribution is 0.848. The monoisotopic (exact) mass is 659 g/mol. The highest BCUT2D eigenvalue weighted by Gasteiger charge is 2.25. The van der Waals surface area contributed by atoms with E-state index in [1.165, 1.54) is 0 Å². The maximum Gasteiger partial charge on any atom is 0.235 e. The van der Waals surface area contributed by atoms with E-state index in [1.807, 2.05) is 89.9 Å². The predicted octanol–water partition coefficient (Wildman–Crippen LogP) is 7.77. The van der Waals surface area contributed by atoms with Crippen molar-refractivity contribution in [3.05, 3.63) is 140 Å². The van der Waals surface area contributed by atoms with Gasteiger partial charge in [0.15, 0.2) is 0 Å². The lowest BCUT2D eigenvalue weighted by atomic mass is 10.1. The van der Waals surface area contributed by atoms with E-state index in [2.05, 4.69) is 77.5 Å². The Morgan fingerprint density at radius 1 is 0.451 bits per heavy atom. The third kappa shape index (κ3) is 3.96. The number of rotatable bonds is 4. The van der Waals surface area contributed by atoms with E-state index >= 15 is 0 Å². The number of para-hydroxylation sites is 6. The van der Waals surface area contributed by atoms with E-state index in [0.29, 0.717) is 17.3 Å². The first kappa shape index (κ1) is 27.7. The second-order valence-corrected chi connectivity index (χ2v) is 12.5. The normalized spacial score (nSPS) is 12.0. The average molecular weight is 660 g/mol. The fraction of sp³-hybridized carbons (Fsp3) is 0.0250. The fourth-order valence-electron chi connectivity index (χ4n) is 7.38. The summed E-state index contributed by atoms with van der Waals surface area (Å²) >= 11 is 0. The van der Waals surface area contributed by atoms with E-state index in [1.54, 1.807) is 6.20 Å². The van der Waals surface area contributed by atoms with Crippen molar-refractivity contribution in [1.82, 2.24) is 52.9 Å². The molecule has 240 valence electrons. The molecular formula is C40H25N11. The van der Waals surface area contributed by atoms with Crippen LogP contribution in [0.25, 0.3) is 90.0 Å². The Hall–Kier alpha value is -7.27. The Kier molecular flexibility index (Phi) is 5.62. The average Bonchev–Trinajstić information content (AvgIpc) is 3.94. The minimum Gasteiger partial charge on any atom is -0.276 e. The van der Waals surface area contributed by atoms with Gasteiger partial charge in [-0.1, -0.05) is 48.5 Å². The fourth-order valence-corrected chi connectivity index (χ4v) is 7.38. The molecule has 0 N–H and O–H groups in total. The summed E-state index contributed by atoms with van der Waals surface area (Å²) in [5.41, 5.74) is 13.1. The molecule has 0 aliphatic carbocycles. The lowest BCUT2D eigenvalue weighted by Crippen LogP contribution is -2.00. The topological polar surface area (TPSA) is 108 Å². The number of benzene rings is 4. The van der Waals surface area contributed by atoms with Gasteiger partial charge in [-0.05, 0) is 79.2 Å². The summed E-state index contributed by atoms with van der Waals surface area (Å²) in [7, 11) is 0. The highest BCUT2D eigenvalue weighted by atomic mass is 15.3. The minimum atomic E-state index is 0.611. The van der Waals surface area contributed by atoms with Crippen LogP contribution in [0.15, 0.2) is 134 Å². The molecule has 0 unspecified atom stereocenters. The first-order valence-corrected chi connectivity index (χ1v) is 16.6. The maximum absolute atomic E-state index is 5.38. The van der Waals surface area contributed by atoms with Gasteiger partial charge in [0.25, 0.3) is 0 Å². The Morgan fingerprint density at radius 3 is 1.45 bits per heavy atom. The number of nitrogens with zero attached hydrogens (tertiary/aromatic N) is 11. The second kappa shape index (κ2) is 10.4. The Morgan fingerprint density at radius 2 is 0.902 bits per heavy atom. The molecule has 0 radical (unpaired) electrons. The molecule has 0 saturated heterocycles. The van der Waals surface area contributed by atoms with Crippen molar-refractivity contribution >= 4 is 50.4 Å². The predicted molar refractivity (Wildman–Crippen MR) is 197 cm³/mol. The molecule has 0 aliphatic rings. The minimum absolute atomic E-state index is 0.611. The molecule has 0 atom stereocenters. The van der Waals surface area contributed by atoms with Crippen molar-refractivity contribution in [2.24, 2.45) is 0 Å².